The Morgan fingerprint density at radius 2 is 2.06 bits per heavy atom. The van der Waals surface area contributed by atoms with Crippen molar-refractivity contribution in [3.8, 4) is 0 Å². The van der Waals surface area contributed by atoms with E-state index >= 15 is 0 Å². The first kappa shape index (κ1) is 14.6. The molecule has 1 amide bonds. The molecule has 0 saturated carbocycles. The second-order valence-electron chi connectivity index (χ2n) is 3.66. The molecule has 0 bridgehead atoms. The Balaban J connectivity index is 0.00000106. The first-order chi connectivity index (χ1) is 7.58. The van der Waals surface area contributed by atoms with Crippen molar-refractivity contribution in [3.05, 3.63) is 23.9 Å². The number of nitrogens with one attached hydrogen (secondary N) is 1. The van der Waals surface area contributed by atoms with E-state index in [1.54, 1.807) is 0 Å². The van der Waals surface area contributed by atoms with Crippen molar-refractivity contribution in [2.45, 2.75) is 40.5 Å². The quantitative estimate of drug-likeness (QED) is 0.747. The summed E-state index contributed by atoms with van der Waals surface area (Å²) in [7, 11) is 0. The summed E-state index contributed by atoms with van der Waals surface area (Å²) < 4.78 is 0. The van der Waals surface area contributed by atoms with Gasteiger partial charge in [0.1, 0.15) is 5.78 Å². The Kier molecular flexibility index (Phi) is 7.18. The number of hydrogen-bond acceptors (Lipinski definition) is 2. The molecule has 1 unspecified atom stereocenters. The molecule has 0 aliphatic heterocycles. The van der Waals surface area contributed by atoms with E-state index in [0.717, 1.165) is 12.1 Å². The van der Waals surface area contributed by atoms with Crippen molar-refractivity contribution in [2.24, 2.45) is 5.92 Å². The summed E-state index contributed by atoms with van der Waals surface area (Å²) in [5.74, 6) is 0.183. The van der Waals surface area contributed by atoms with Crippen LogP contribution >= 0.6 is 0 Å². The minimum atomic E-state index is -0.233. The topological polar surface area (TPSA) is 46.2 Å². The Morgan fingerprint density at radius 1 is 1.44 bits per heavy atom. The van der Waals surface area contributed by atoms with Crippen LogP contribution in [0, 0.1) is 5.92 Å². The Morgan fingerprint density at radius 3 is 2.50 bits per heavy atom. The number of Topliss-reactive ketones (excluding diaryl/α,β-unsaturated/α-hetero) is 1. The fourth-order valence-corrected chi connectivity index (χ4v) is 1.25. The molecule has 0 aromatic carbocycles. The summed E-state index contributed by atoms with van der Waals surface area (Å²) in [6, 6.07) is 0. The summed E-state index contributed by atoms with van der Waals surface area (Å²) in [5.41, 5.74) is 0.800. The van der Waals surface area contributed by atoms with E-state index in [0.29, 0.717) is 5.92 Å². The van der Waals surface area contributed by atoms with Crippen LogP contribution in [0.1, 0.15) is 40.5 Å². The van der Waals surface area contributed by atoms with Crippen LogP contribution in [0.3, 0.4) is 0 Å². The molecule has 3 nitrogen and oxygen atoms in total. The summed E-state index contributed by atoms with van der Waals surface area (Å²) in [5, 5.41) is 2.69. The lowest BCUT2D eigenvalue weighted by Gasteiger charge is -2.12. The van der Waals surface area contributed by atoms with E-state index in [1.807, 2.05) is 32.1 Å². The highest BCUT2D eigenvalue weighted by Crippen LogP contribution is 2.13. The van der Waals surface area contributed by atoms with Gasteiger partial charge in [-0.3, -0.25) is 9.59 Å². The van der Waals surface area contributed by atoms with E-state index in [-0.39, 0.29) is 18.1 Å². The third-order valence-electron chi connectivity index (χ3n) is 2.01. The predicted molar refractivity (Wildman–Crippen MR) is 65.8 cm³/mol. The number of carbonyl (C=O) groups excluding carboxylic acids is 2. The second kappa shape index (κ2) is 7.85. The third-order valence-corrected chi connectivity index (χ3v) is 2.01. The van der Waals surface area contributed by atoms with Crippen molar-refractivity contribution in [3.63, 3.8) is 0 Å². The van der Waals surface area contributed by atoms with Crippen molar-refractivity contribution < 1.29 is 9.59 Å². The van der Waals surface area contributed by atoms with Gasteiger partial charge in [-0.1, -0.05) is 32.9 Å². The molecule has 90 valence electrons. The minimum absolute atomic E-state index is 0.0409. The van der Waals surface area contributed by atoms with Gasteiger partial charge in [0, 0.05) is 5.70 Å². The van der Waals surface area contributed by atoms with E-state index in [9.17, 15) is 9.59 Å². The molecule has 0 radical (unpaired) electrons. The summed E-state index contributed by atoms with van der Waals surface area (Å²) >= 11 is 0. The maximum absolute atomic E-state index is 11.2. The van der Waals surface area contributed by atoms with Gasteiger partial charge in [-0.15, -0.1) is 0 Å². The second-order valence-corrected chi connectivity index (χ2v) is 3.66. The SMILES string of the molecule is CC.CC(=O)CC(=O)NC1=CCC(C)C=C1. The van der Waals surface area contributed by atoms with Gasteiger partial charge in [0.05, 0.1) is 6.42 Å². The number of hydrogen-bond donors (Lipinski definition) is 1. The zero-order valence-corrected chi connectivity index (χ0v) is 10.5. The largest absolute Gasteiger partial charge is 0.326 e. The number of allylic oxidation sites excluding steroid dienone is 3. The lowest BCUT2D eigenvalue weighted by atomic mass is 10.0. The van der Waals surface area contributed by atoms with E-state index in [4.69, 9.17) is 0 Å². The first-order valence-corrected chi connectivity index (χ1v) is 5.75. The van der Waals surface area contributed by atoms with Crippen LogP contribution in [0.5, 0.6) is 0 Å². The van der Waals surface area contributed by atoms with Gasteiger partial charge in [-0.05, 0) is 25.3 Å². The fourth-order valence-electron chi connectivity index (χ4n) is 1.25. The van der Waals surface area contributed by atoms with E-state index < -0.39 is 0 Å². The van der Waals surface area contributed by atoms with Gasteiger partial charge in [0.2, 0.25) is 5.91 Å². The van der Waals surface area contributed by atoms with Crippen LogP contribution in [0.25, 0.3) is 0 Å². The molecule has 0 fully saturated rings. The average Bonchev–Trinajstić information content (AvgIpc) is 2.23. The van der Waals surface area contributed by atoms with Crippen LogP contribution in [0.4, 0.5) is 0 Å². The van der Waals surface area contributed by atoms with Crippen molar-refractivity contribution in [2.75, 3.05) is 0 Å². The number of amides is 1. The third kappa shape index (κ3) is 6.17. The number of rotatable bonds is 3. The predicted octanol–water partition coefficient (Wildman–Crippen LogP) is 2.59. The molecule has 0 aromatic heterocycles. The van der Waals surface area contributed by atoms with E-state index in [2.05, 4.69) is 12.2 Å². The molecule has 0 spiro atoms. The Bertz CT molecular complexity index is 303. The summed E-state index contributed by atoms with van der Waals surface area (Å²) in [4.78, 5) is 21.8. The van der Waals surface area contributed by atoms with Crippen LogP contribution in [-0.4, -0.2) is 11.7 Å². The fraction of sp³-hybridized carbons (Fsp3) is 0.538. The molecule has 0 saturated heterocycles. The van der Waals surface area contributed by atoms with Gasteiger partial charge in [-0.25, -0.2) is 0 Å². The molecule has 1 atom stereocenters. The zero-order chi connectivity index (χ0) is 12.6. The molecular formula is C13H21NO2. The molecule has 0 heterocycles. The van der Waals surface area contributed by atoms with Gasteiger partial charge in [0.15, 0.2) is 0 Å². The van der Waals surface area contributed by atoms with Crippen LogP contribution in [-0.2, 0) is 9.59 Å². The van der Waals surface area contributed by atoms with Crippen molar-refractivity contribution in [1.29, 1.82) is 0 Å². The highest BCUT2D eigenvalue weighted by atomic mass is 16.2. The smallest absolute Gasteiger partial charge is 0.231 e. The van der Waals surface area contributed by atoms with Crippen LogP contribution in [0.15, 0.2) is 23.9 Å². The first-order valence-electron chi connectivity index (χ1n) is 5.75. The number of ketones is 1. The van der Waals surface area contributed by atoms with Crippen molar-refractivity contribution in [1.82, 2.24) is 5.32 Å². The van der Waals surface area contributed by atoms with Gasteiger partial charge < -0.3 is 5.32 Å². The molecular weight excluding hydrogens is 202 g/mol. The molecule has 1 aliphatic carbocycles. The van der Waals surface area contributed by atoms with Crippen LogP contribution < -0.4 is 5.32 Å². The standard InChI is InChI=1S/C11H15NO2.C2H6/c1-8-3-5-10(6-4-8)12-11(14)7-9(2)13;1-2/h3,5-6,8H,4,7H2,1-2H3,(H,12,14);1-2H3. The Labute approximate surface area is 97.6 Å². The maximum Gasteiger partial charge on any atom is 0.231 e. The highest BCUT2D eigenvalue weighted by Gasteiger charge is 2.08. The molecule has 3 heteroatoms. The van der Waals surface area contributed by atoms with Crippen molar-refractivity contribution >= 4 is 11.7 Å². The lowest BCUT2D eigenvalue weighted by molar-refractivity contribution is -0.126. The average molecular weight is 223 g/mol. The van der Waals surface area contributed by atoms with Gasteiger partial charge >= 0.3 is 0 Å². The summed E-state index contributed by atoms with van der Waals surface area (Å²) in [6.07, 6.45) is 6.80. The molecule has 1 N–H and O–H groups in total. The molecule has 1 rings (SSSR count). The zero-order valence-electron chi connectivity index (χ0n) is 10.5. The lowest BCUT2D eigenvalue weighted by Crippen LogP contribution is -2.24. The summed E-state index contributed by atoms with van der Waals surface area (Å²) in [6.45, 7) is 7.52. The van der Waals surface area contributed by atoms with E-state index in [1.165, 1.54) is 6.92 Å². The number of carbonyl (C=O) groups is 2. The highest BCUT2D eigenvalue weighted by molar-refractivity contribution is 5.97. The van der Waals surface area contributed by atoms with Gasteiger partial charge in [-0.2, -0.15) is 0 Å². The maximum atomic E-state index is 11.2. The van der Waals surface area contributed by atoms with Crippen LogP contribution in [0.2, 0.25) is 0 Å². The Hall–Kier alpha value is -1.38. The molecule has 16 heavy (non-hydrogen) atoms. The molecule has 1 aliphatic rings. The molecule has 0 aromatic rings. The monoisotopic (exact) mass is 223 g/mol. The normalized spacial score (nSPS) is 18.0. The minimum Gasteiger partial charge on any atom is -0.326 e. The van der Waals surface area contributed by atoms with Gasteiger partial charge in [0.25, 0.3) is 0 Å².